The van der Waals surface area contributed by atoms with E-state index in [0.29, 0.717) is 0 Å². The topological polar surface area (TPSA) is 43.6 Å². The predicted octanol–water partition coefficient (Wildman–Crippen LogP) is 9.23. The van der Waals surface area contributed by atoms with Crippen LogP contribution in [0, 0.1) is 0 Å². The molecular formula is C37H20N4. The van der Waals surface area contributed by atoms with E-state index in [4.69, 9.17) is 9.97 Å². The molecule has 3 aromatic heterocycles. The lowest BCUT2D eigenvalue weighted by Crippen LogP contribution is -2.03. The molecular weight excluding hydrogens is 500 g/mol. The quantitative estimate of drug-likeness (QED) is 0.213. The van der Waals surface area contributed by atoms with Crippen molar-refractivity contribution in [2.75, 3.05) is 0 Å². The smallest absolute Gasteiger partial charge is 0.165 e. The van der Waals surface area contributed by atoms with Gasteiger partial charge in [0, 0.05) is 50.5 Å². The van der Waals surface area contributed by atoms with Gasteiger partial charge in [-0.05, 0) is 46.0 Å². The van der Waals surface area contributed by atoms with Gasteiger partial charge in [-0.2, -0.15) is 0 Å². The Bertz CT molecular complexity index is 2580. The number of hydrogen-bond donors (Lipinski definition) is 0. The second-order valence-corrected chi connectivity index (χ2v) is 10.9. The third-order valence-electron chi connectivity index (χ3n) is 8.74. The Balaban J connectivity index is 1.50. The first-order valence-electron chi connectivity index (χ1n) is 13.9. The Hall–Kier alpha value is -5.61. The molecule has 0 radical (unpaired) electrons. The highest BCUT2D eigenvalue weighted by Gasteiger charge is 2.26. The van der Waals surface area contributed by atoms with E-state index in [2.05, 4.69) is 88.4 Å². The fourth-order valence-electron chi connectivity index (χ4n) is 7.05. The monoisotopic (exact) mass is 520 g/mol. The zero-order chi connectivity index (χ0) is 26.7. The van der Waals surface area contributed by atoms with E-state index >= 15 is 0 Å². The highest BCUT2D eigenvalue weighted by molar-refractivity contribution is 6.38. The summed E-state index contributed by atoms with van der Waals surface area (Å²) in [6.45, 7) is 0. The van der Waals surface area contributed by atoms with Crippen LogP contribution in [0.1, 0.15) is 0 Å². The van der Waals surface area contributed by atoms with Gasteiger partial charge in [-0.15, -0.1) is 0 Å². The number of benzene rings is 6. The summed E-state index contributed by atoms with van der Waals surface area (Å²) in [5.41, 5.74) is 8.36. The number of pyridine rings is 1. The van der Waals surface area contributed by atoms with Crippen molar-refractivity contribution >= 4 is 65.2 Å². The molecule has 0 unspecified atom stereocenters. The molecule has 41 heavy (non-hydrogen) atoms. The molecule has 9 aromatic rings. The largest absolute Gasteiger partial charge is 0.292 e. The predicted molar refractivity (Wildman–Crippen MR) is 169 cm³/mol. The Morgan fingerprint density at radius 1 is 0.439 bits per heavy atom. The summed E-state index contributed by atoms with van der Waals surface area (Å²) < 4.78 is 2.34. The molecule has 1 aliphatic rings. The maximum atomic E-state index is 5.32. The van der Waals surface area contributed by atoms with Crippen molar-refractivity contribution in [2.45, 2.75) is 0 Å². The number of rotatable bonds is 2. The second kappa shape index (κ2) is 7.52. The van der Waals surface area contributed by atoms with Crippen LogP contribution >= 0.6 is 0 Å². The van der Waals surface area contributed by atoms with Crippen LogP contribution in [-0.2, 0) is 0 Å². The van der Waals surface area contributed by atoms with Crippen LogP contribution in [0.25, 0.3) is 93.4 Å². The van der Waals surface area contributed by atoms with E-state index in [1.807, 2.05) is 42.7 Å². The minimum absolute atomic E-state index is 0.841. The molecule has 1 aliphatic carbocycles. The Morgan fingerprint density at radius 3 is 1.93 bits per heavy atom. The summed E-state index contributed by atoms with van der Waals surface area (Å²) in [7, 11) is 0. The van der Waals surface area contributed by atoms with Crippen molar-refractivity contribution in [1.82, 2.24) is 19.5 Å². The van der Waals surface area contributed by atoms with Gasteiger partial charge in [0.25, 0.3) is 0 Å². The normalized spacial score (nSPS) is 12.4. The van der Waals surface area contributed by atoms with E-state index in [9.17, 15) is 0 Å². The first-order chi connectivity index (χ1) is 20.3. The molecule has 0 saturated carbocycles. The SMILES string of the molecule is c1ccc(-c2nc3ccccc3nc2-n2c3ccc4cccc5c4c3c3c4c(ccc6cncc-5c64)ccc32)cc1. The molecule has 0 saturated heterocycles. The molecule has 0 fully saturated rings. The molecule has 0 aliphatic heterocycles. The maximum Gasteiger partial charge on any atom is 0.165 e. The lowest BCUT2D eigenvalue weighted by Gasteiger charge is -2.15. The summed E-state index contributed by atoms with van der Waals surface area (Å²) in [5, 5.41) is 9.94. The number of fused-ring (bicyclic) bond motifs is 2. The number of hydrogen-bond acceptors (Lipinski definition) is 3. The zero-order valence-corrected chi connectivity index (χ0v) is 21.8. The van der Waals surface area contributed by atoms with Gasteiger partial charge in [0.15, 0.2) is 5.82 Å². The third-order valence-corrected chi connectivity index (χ3v) is 8.74. The molecule has 0 N–H and O–H groups in total. The van der Waals surface area contributed by atoms with Gasteiger partial charge in [-0.25, -0.2) is 9.97 Å². The van der Waals surface area contributed by atoms with Crippen molar-refractivity contribution in [3.05, 3.63) is 122 Å². The molecule has 0 spiro atoms. The summed E-state index contributed by atoms with van der Waals surface area (Å²) in [6, 6.07) is 38.6. The van der Waals surface area contributed by atoms with Gasteiger partial charge in [0.2, 0.25) is 0 Å². The molecule has 0 bridgehead atoms. The van der Waals surface area contributed by atoms with E-state index in [1.54, 1.807) is 0 Å². The first kappa shape index (κ1) is 21.2. The molecule has 3 heterocycles. The third kappa shape index (κ3) is 2.66. The Kier molecular flexibility index (Phi) is 3.90. The molecule has 4 heteroatoms. The van der Waals surface area contributed by atoms with Crippen LogP contribution in [0.3, 0.4) is 0 Å². The lowest BCUT2D eigenvalue weighted by atomic mass is 9.95. The first-order valence-corrected chi connectivity index (χ1v) is 13.9. The van der Waals surface area contributed by atoms with Crippen LogP contribution in [0.15, 0.2) is 122 Å². The van der Waals surface area contributed by atoms with Crippen molar-refractivity contribution in [2.24, 2.45) is 0 Å². The van der Waals surface area contributed by atoms with Gasteiger partial charge in [0.05, 0.1) is 22.1 Å². The van der Waals surface area contributed by atoms with Crippen molar-refractivity contribution in [3.8, 4) is 28.2 Å². The lowest BCUT2D eigenvalue weighted by molar-refractivity contribution is 1.08. The van der Waals surface area contributed by atoms with Gasteiger partial charge in [-0.1, -0.05) is 84.9 Å². The Morgan fingerprint density at radius 2 is 1.10 bits per heavy atom. The van der Waals surface area contributed by atoms with Gasteiger partial charge in [0.1, 0.15) is 5.69 Å². The number of para-hydroxylation sites is 2. The van der Waals surface area contributed by atoms with Crippen LogP contribution in [0.5, 0.6) is 0 Å². The van der Waals surface area contributed by atoms with Crippen molar-refractivity contribution in [3.63, 3.8) is 0 Å². The van der Waals surface area contributed by atoms with Crippen LogP contribution in [0.4, 0.5) is 0 Å². The van der Waals surface area contributed by atoms with Crippen LogP contribution in [-0.4, -0.2) is 19.5 Å². The highest BCUT2D eigenvalue weighted by atomic mass is 15.1. The molecule has 4 nitrogen and oxygen atoms in total. The van der Waals surface area contributed by atoms with Crippen LogP contribution in [0.2, 0.25) is 0 Å². The minimum atomic E-state index is 0.841. The fourth-order valence-corrected chi connectivity index (χ4v) is 7.05. The van der Waals surface area contributed by atoms with Gasteiger partial charge >= 0.3 is 0 Å². The minimum Gasteiger partial charge on any atom is -0.292 e. The average Bonchev–Trinajstić information content (AvgIpc) is 3.31. The average molecular weight is 521 g/mol. The van der Waals surface area contributed by atoms with Crippen molar-refractivity contribution in [1.29, 1.82) is 0 Å². The number of nitrogens with zero attached hydrogens (tertiary/aromatic N) is 4. The molecule has 0 amide bonds. The molecule has 10 rings (SSSR count). The van der Waals surface area contributed by atoms with Crippen molar-refractivity contribution < 1.29 is 0 Å². The standard InChI is InChI=1S/C37H20N4/c1-2-7-23(8-3-1)36-37(40-28-12-5-4-11-27(28)39-36)41-29-17-15-21-9-6-10-25-26-20-38-19-24-14-13-22-16-18-30(41)35(33(22)32(24)26)34(29)31(21)25/h1-20H. The molecule has 6 aromatic carbocycles. The summed E-state index contributed by atoms with van der Waals surface area (Å²) in [5.74, 6) is 0.841. The van der Waals surface area contributed by atoms with Gasteiger partial charge < -0.3 is 0 Å². The number of aromatic nitrogens is 4. The summed E-state index contributed by atoms with van der Waals surface area (Å²) in [4.78, 5) is 15.2. The highest BCUT2D eigenvalue weighted by Crippen LogP contribution is 2.49. The summed E-state index contributed by atoms with van der Waals surface area (Å²) >= 11 is 0. The fraction of sp³-hybridized carbons (Fsp3) is 0. The van der Waals surface area contributed by atoms with E-state index in [-0.39, 0.29) is 0 Å². The molecule has 0 atom stereocenters. The maximum absolute atomic E-state index is 5.32. The summed E-state index contributed by atoms with van der Waals surface area (Å²) in [6.07, 6.45) is 4.03. The second-order valence-electron chi connectivity index (χ2n) is 10.9. The van der Waals surface area contributed by atoms with Gasteiger partial charge in [-0.3, -0.25) is 9.55 Å². The van der Waals surface area contributed by atoms with Crippen LogP contribution < -0.4 is 0 Å². The Labute approximate surface area is 234 Å². The molecule has 188 valence electrons. The zero-order valence-electron chi connectivity index (χ0n) is 21.8. The van der Waals surface area contributed by atoms with E-state index < -0.39 is 0 Å². The van der Waals surface area contributed by atoms with E-state index in [0.717, 1.165) is 44.5 Å². The van der Waals surface area contributed by atoms with E-state index in [1.165, 1.54) is 48.8 Å².